The van der Waals surface area contributed by atoms with Gasteiger partial charge in [0.1, 0.15) is 17.4 Å². The van der Waals surface area contributed by atoms with Gasteiger partial charge < -0.3 is 9.67 Å². The second kappa shape index (κ2) is 6.46. The summed E-state index contributed by atoms with van der Waals surface area (Å²) in [6, 6.07) is 16.2. The Labute approximate surface area is 153 Å². The number of aromatic nitrogens is 2. The van der Waals surface area contributed by atoms with Crippen LogP contribution in [0.15, 0.2) is 64.5 Å². The number of aliphatic carboxylic acids is 1. The Balaban J connectivity index is 1.85. The van der Waals surface area contributed by atoms with Crippen molar-refractivity contribution >= 4 is 39.5 Å². The van der Waals surface area contributed by atoms with E-state index >= 15 is 0 Å². The molecule has 6 heteroatoms. The lowest BCUT2D eigenvalue weighted by atomic mass is 10.2. The highest BCUT2D eigenvalue weighted by molar-refractivity contribution is 7.99. The molecular weight excluding hydrogens is 351 g/mol. The molecule has 26 heavy (non-hydrogen) atoms. The van der Waals surface area contributed by atoms with Crippen molar-refractivity contribution in [3.05, 3.63) is 66.1 Å². The Morgan fingerprint density at radius 2 is 2.00 bits per heavy atom. The van der Waals surface area contributed by atoms with Gasteiger partial charge in [0.25, 0.3) is 0 Å². The van der Waals surface area contributed by atoms with Crippen molar-refractivity contribution in [1.82, 2.24) is 9.55 Å². The predicted molar refractivity (Wildman–Crippen MR) is 100 cm³/mol. The van der Waals surface area contributed by atoms with Gasteiger partial charge in [-0.25, -0.2) is 9.37 Å². The summed E-state index contributed by atoms with van der Waals surface area (Å²) in [6.07, 6.45) is 0. The number of benzene rings is 2. The monoisotopic (exact) mass is 366 g/mol. The minimum absolute atomic E-state index is 0.167. The molecule has 2 aromatic heterocycles. The topological polar surface area (TPSA) is 55.1 Å². The Bertz CT molecular complexity index is 1150. The minimum atomic E-state index is -0.935. The molecule has 0 unspecified atom stereocenters. The molecule has 2 aromatic carbocycles. The van der Waals surface area contributed by atoms with Gasteiger partial charge in [0.15, 0.2) is 0 Å². The summed E-state index contributed by atoms with van der Waals surface area (Å²) >= 11 is 1.42. The Hall–Kier alpha value is -2.86. The van der Waals surface area contributed by atoms with Crippen molar-refractivity contribution in [3.63, 3.8) is 0 Å². The number of para-hydroxylation sites is 1. The number of carboxylic acids is 1. The van der Waals surface area contributed by atoms with Crippen molar-refractivity contribution in [3.8, 4) is 0 Å². The number of pyridine rings is 1. The number of carboxylic acid groups (broad SMARTS) is 1. The molecule has 0 saturated carbocycles. The SMILES string of the molecule is Cc1c(Sc2ccc3ccccc3n2)c2cc(F)ccc2n1CC(=O)O. The standard InChI is InChI=1S/C20H15FN2O2S/c1-12-20(26-18-9-6-13-4-2-3-5-16(13)22-18)15-10-14(21)7-8-17(15)23(12)11-19(24)25/h2-10H,11H2,1H3,(H,24,25). The third-order valence-corrected chi connectivity index (χ3v) is 5.46. The van der Waals surface area contributed by atoms with Crippen LogP contribution in [0.2, 0.25) is 0 Å². The van der Waals surface area contributed by atoms with Crippen LogP contribution in [-0.2, 0) is 11.3 Å². The second-order valence-electron chi connectivity index (χ2n) is 6.00. The van der Waals surface area contributed by atoms with E-state index in [-0.39, 0.29) is 12.4 Å². The largest absolute Gasteiger partial charge is 0.480 e. The number of fused-ring (bicyclic) bond motifs is 2. The molecule has 4 rings (SSSR count). The summed E-state index contributed by atoms with van der Waals surface area (Å²) < 4.78 is 15.5. The maximum absolute atomic E-state index is 13.8. The fraction of sp³-hybridized carbons (Fsp3) is 0.100. The molecule has 0 radical (unpaired) electrons. The zero-order chi connectivity index (χ0) is 18.3. The maximum Gasteiger partial charge on any atom is 0.323 e. The van der Waals surface area contributed by atoms with E-state index in [1.54, 1.807) is 10.6 Å². The molecule has 0 aliphatic rings. The fourth-order valence-electron chi connectivity index (χ4n) is 3.10. The number of hydrogen-bond donors (Lipinski definition) is 1. The first-order valence-corrected chi connectivity index (χ1v) is 8.88. The quantitative estimate of drug-likeness (QED) is 0.560. The van der Waals surface area contributed by atoms with Gasteiger partial charge in [0.2, 0.25) is 0 Å². The molecule has 0 aliphatic heterocycles. The van der Waals surface area contributed by atoms with E-state index < -0.39 is 5.97 Å². The highest BCUT2D eigenvalue weighted by Crippen LogP contribution is 2.38. The number of carbonyl (C=O) groups is 1. The number of nitrogens with zero attached hydrogens (tertiary/aromatic N) is 2. The van der Waals surface area contributed by atoms with Crippen LogP contribution in [0.4, 0.5) is 4.39 Å². The summed E-state index contributed by atoms with van der Waals surface area (Å²) in [4.78, 5) is 16.7. The molecule has 0 bridgehead atoms. The van der Waals surface area contributed by atoms with Crippen molar-refractivity contribution in [2.24, 2.45) is 0 Å². The van der Waals surface area contributed by atoms with Crippen LogP contribution in [0.5, 0.6) is 0 Å². The lowest BCUT2D eigenvalue weighted by Gasteiger charge is -2.06. The molecule has 0 aliphatic carbocycles. The fourth-order valence-corrected chi connectivity index (χ4v) is 4.12. The second-order valence-corrected chi connectivity index (χ2v) is 7.03. The molecule has 4 aromatic rings. The van der Waals surface area contributed by atoms with Gasteiger partial charge in [-0.2, -0.15) is 0 Å². The van der Waals surface area contributed by atoms with Crippen molar-refractivity contribution < 1.29 is 14.3 Å². The predicted octanol–water partition coefficient (Wildman–Crippen LogP) is 4.87. The van der Waals surface area contributed by atoms with Crippen LogP contribution < -0.4 is 0 Å². The Morgan fingerprint density at radius 3 is 2.81 bits per heavy atom. The van der Waals surface area contributed by atoms with Gasteiger partial charge in [0, 0.05) is 21.4 Å². The molecule has 0 atom stereocenters. The molecular formula is C20H15FN2O2S. The molecule has 0 fully saturated rings. The Kier molecular flexibility index (Phi) is 4.12. The zero-order valence-electron chi connectivity index (χ0n) is 13.9. The minimum Gasteiger partial charge on any atom is -0.480 e. The smallest absolute Gasteiger partial charge is 0.323 e. The molecule has 1 N–H and O–H groups in total. The lowest BCUT2D eigenvalue weighted by molar-refractivity contribution is -0.137. The van der Waals surface area contributed by atoms with E-state index in [0.717, 1.165) is 26.5 Å². The van der Waals surface area contributed by atoms with E-state index in [2.05, 4.69) is 4.98 Å². The first kappa shape index (κ1) is 16.6. The van der Waals surface area contributed by atoms with E-state index in [9.17, 15) is 14.3 Å². The summed E-state index contributed by atoms with van der Waals surface area (Å²) in [5, 5.41) is 11.7. The first-order valence-electron chi connectivity index (χ1n) is 8.07. The highest BCUT2D eigenvalue weighted by atomic mass is 32.2. The van der Waals surface area contributed by atoms with Gasteiger partial charge in [0.05, 0.1) is 11.0 Å². The number of hydrogen-bond acceptors (Lipinski definition) is 3. The van der Waals surface area contributed by atoms with Gasteiger partial charge in [-0.1, -0.05) is 36.0 Å². The van der Waals surface area contributed by atoms with Crippen LogP contribution in [-0.4, -0.2) is 20.6 Å². The molecule has 2 heterocycles. The van der Waals surface area contributed by atoms with E-state index in [4.69, 9.17) is 0 Å². The van der Waals surface area contributed by atoms with Crippen LogP contribution >= 0.6 is 11.8 Å². The average molecular weight is 366 g/mol. The van der Waals surface area contributed by atoms with Gasteiger partial charge in [-0.3, -0.25) is 4.79 Å². The van der Waals surface area contributed by atoms with Crippen molar-refractivity contribution in [1.29, 1.82) is 0 Å². The van der Waals surface area contributed by atoms with E-state index in [1.165, 1.54) is 23.9 Å². The van der Waals surface area contributed by atoms with Crippen LogP contribution in [0.1, 0.15) is 5.69 Å². The van der Waals surface area contributed by atoms with Crippen molar-refractivity contribution in [2.75, 3.05) is 0 Å². The van der Waals surface area contributed by atoms with Gasteiger partial charge in [-0.05, 0) is 37.3 Å². The maximum atomic E-state index is 13.8. The van der Waals surface area contributed by atoms with Crippen LogP contribution in [0.3, 0.4) is 0 Å². The Morgan fingerprint density at radius 1 is 1.19 bits per heavy atom. The van der Waals surface area contributed by atoms with Crippen molar-refractivity contribution in [2.45, 2.75) is 23.4 Å². The highest BCUT2D eigenvalue weighted by Gasteiger charge is 2.18. The summed E-state index contributed by atoms with van der Waals surface area (Å²) in [5.74, 6) is -1.28. The van der Waals surface area contributed by atoms with Gasteiger partial charge >= 0.3 is 5.97 Å². The van der Waals surface area contributed by atoms with Crippen LogP contribution in [0, 0.1) is 12.7 Å². The summed E-state index contributed by atoms with van der Waals surface area (Å²) in [6.45, 7) is 1.68. The van der Waals surface area contributed by atoms with E-state index in [1.807, 2.05) is 43.3 Å². The molecule has 0 spiro atoms. The summed E-state index contributed by atoms with van der Waals surface area (Å²) in [5.41, 5.74) is 2.37. The normalized spacial score (nSPS) is 11.3. The molecule has 0 saturated heterocycles. The van der Waals surface area contributed by atoms with Gasteiger partial charge in [-0.15, -0.1) is 0 Å². The molecule has 130 valence electrons. The van der Waals surface area contributed by atoms with E-state index in [0.29, 0.717) is 10.9 Å². The number of halogens is 1. The molecule has 0 amide bonds. The first-order chi connectivity index (χ1) is 12.5. The molecule has 4 nitrogen and oxygen atoms in total. The zero-order valence-corrected chi connectivity index (χ0v) is 14.8. The average Bonchev–Trinajstić information content (AvgIpc) is 2.86. The lowest BCUT2D eigenvalue weighted by Crippen LogP contribution is -2.09. The van der Waals surface area contributed by atoms with Crippen LogP contribution in [0.25, 0.3) is 21.8 Å². The summed E-state index contributed by atoms with van der Waals surface area (Å²) in [7, 11) is 0. The number of rotatable bonds is 4. The third kappa shape index (κ3) is 2.93. The third-order valence-electron chi connectivity index (χ3n) is 4.30.